The van der Waals surface area contributed by atoms with Crippen LogP contribution < -0.4 is 10.6 Å². The molecule has 0 fully saturated rings. The molecule has 1 aromatic heterocycles. The van der Waals surface area contributed by atoms with E-state index < -0.39 is 0 Å². The minimum absolute atomic E-state index is 0.0257. The van der Waals surface area contributed by atoms with E-state index in [1.54, 1.807) is 11.3 Å². The molecular formula is C21H22N2OS. The minimum Gasteiger partial charge on any atom is -0.376 e. The largest absolute Gasteiger partial charge is 0.376 e. The Hall–Kier alpha value is -2.59. The third kappa shape index (κ3) is 4.48. The smallest absolute Gasteiger partial charge is 0.240 e. The van der Waals surface area contributed by atoms with Gasteiger partial charge in [0.2, 0.25) is 5.91 Å². The molecule has 1 atom stereocenters. The van der Waals surface area contributed by atoms with Crippen LogP contribution in [0.1, 0.15) is 27.6 Å². The predicted octanol–water partition coefficient (Wildman–Crippen LogP) is 4.68. The number of rotatable bonds is 6. The Labute approximate surface area is 152 Å². The van der Waals surface area contributed by atoms with E-state index in [-0.39, 0.29) is 18.5 Å². The number of benzene rings is 2. The highest BCUT2D eigenvalue weighted by Crippen LogP contribution is 2.25. The van der Waals surface area contributed by atoms with Gasteiger partial charge in [-0.2, -0.15) is 0 Å². The van der Waals surface area contributed by atoms with Crippen LogP contribution in [-0.4, -0.2) is 12.5 Å². The average Bonchev–Trinajstić information content (AvgIpc) is 3.14. The summed E-state index contributed by atoms with van der Waals surface area (Å²) in [5.74, 6) is -0.0257. The van der Waals surface area contributed by atoms with E-state index >= 15 is 0 Å². The Bertz CT molecular complexity index is 828. The SMILES string of the molecule is Cc1ccc(NCC(=O)NC(c2ccccc2)c2cccs2)c(C)c1. The van der Waals surface area contributed by atoms with Crippen molar-refractivity contribution in [2.24, 2.45) is 0 Å². The average molecular weight is 350 g/mol. The maximum atomic E-state index is 12.5. The number of hydrogen-bond acceptors (Lipinski definition) is 3. The first-order chi connectivity index (χ1) is 12.1. The van der Waals surface area contributed by atoms with Crippen LogP contribution in [0.15, 0.2) is 66.0 Å². The van der Waals surface area contributed by atoms with Crippen molar-refractivity contribution in [3.8, 4) is 0 Å². The van der Waals surface area contributed by atoms with Gasteiger partial charge in [0.1, 0.15) is 0 Å². The zero-order valence-corrected chi connectivity index (χ0v) is 15.3. The van der Waals surface area contributed by atoms with Gasteiger partial charge < -0.3 is 10.6 Å². The molecule has 2 aromatic carbocycles. The molecule has 3 aromatic rings. The fourth-order valence-electron chi connectivity index (χ4n) is 2.82. The van der Waals surface area contributed by atoms with Crippen LogP contribution in [0, 0.1) is 13.8 Å². The Kier molecular flexibility index (Phi) is 5.51. The molecule has 0 aliphatic heterocycles. The van der Waals surface area contributed by atoms with E-state index in [2.05, 4.69) is 29.7 Å². The monoisotopic (exact) mass is 350 g/mol. The topological polar surface area (TPSA) is 41.1 Å². The van der Waals surface area contributed by atoms with Gasteiger partial charge in [-0.05, 0) is 42.5 Å². The lowest BCUT2D eigenvalue weighted by Crippen LogP contribution is -2.33. The molecule has 4 heteroatoms. The Balaban J connectivity index is 1.68. The highest BCUT2D eigenvalue weighted by Gasteiger charge is 2.17. The highest BCUT2D eigenvalue weighted by atomic mass is 32.1. The molecule has 0 aliphatic rings. The van der Waals surface area contributed by atoms with Gasteiger partial charge in [-0.1, -0.05) is 54.1 Å². The molecule has 0 saturated heterocycles. The summed E-state index contributed by atoms with van der Waals surface area (Å²) in [5.41, 5.74) is 4.44. The second kappa shape index (κ2) is 7.99. The Morgan fingerprint density at radius 2 is 1.84 bits per heavy atom. The molecule has 3 rings (SSSR count). The zero-order valence-electron chi connectivity index (χ0n) is 14.5. The number of aryl methyl sites for hydroxylation is 2. The lowest BCUT2D eigenvalue weighted by atomic mass is 10.1. The predicted molar refractivity (Wildman–Crippen MR) is 105 cm³/mol. The molecule has 0 radical (unpaired) electrons. The van der Waals surface area contributed by atoms with Gasteiger partial charge in [0.15, 0.2) is 0 Å². The molecule has 1 unspecified atom stereocenters. The van der Waals surface area contributed by atoms with Crippen molar-refractivity contribution >= 4 is 22.9 Å². The highest BCUT2D eigenvalue weighted by molar-refractivity contribution is 7.10. The van der Waals surface area contributed by atoms with E-state index in [0.717, 1.165) is 21.7 Å². The summed E-state index contributed by atoms with van der Waals surface area (Å²) >= 11 is 1.65. The van der Waals surface area contributed by atoms with Crippen molar-refractivity contribution in [3.05, 3.63) is 87.6 Å². The molecule has 0 spiro atoms. The van der Waals surface area contributed by atoms with E-state index in [9.17, 15) is 4.79 Å². The maximum Gasteiger partial charge on any atom is 0.240 e. The van der Waals surface area contributed by atoms with Crippen LogP contribution in [0.5, 0.6) is 0 Å². The lowest BCUT2D eigenvalue weighted by molar-refractivity contribution is -0.119. The Morgan fingerprint density at radius 1 is 1.04 bits per heavy atom. The first-order valence-electron chi connectivity index (χ1n) is 8.32. The van der Waals surface area contributed by atoms with Crippen molar-refractivity contribution < 1.29 is 4.79 Å². The van der Waals surface area contributed by atoms with Crippen molar-refractivity contribution in [1.82, 2.24) is 5.32 Å². The summed E-state index contributed by atoms with van der Waals surface area (Å²) in [4.78, 5) is 13.6. The molecule has 25 heavy (non-hydrogen) atoms. The third-order valence-electron chi connectivity index (χ3n) is 4.09. The van der Waals surface area contributed by atoms with Gasteiger partial charge in [-0.15, -0.1) is 11.3 Å². The van der Waals surface area contributed by atoms with Crippen LogP contribution in [0.2, 0.25) is 0 Å². The number of nitrogens with one attached hydrogen (secondary N) is 2. The number of carbonyl (C=O) groups excluding carboxylic acids is 1. The Morgan fingerprint density at radius 3 is 2.52 bits per heavy atom. The molecule has 3 nitrogen and oxygen atoms in total. The van der Waals surface area contributed by atoms with Gasteiger partial charge in [0, 0.05) is 10.6 Å². The van der Waals surface area contributed by atoms with Crippen LogP contribution in [-0.2, 0) is 4.79 Å². The van der Waals surface area contributed by atoms with E-state index in [4.69, 9.17) is 0 Å². The van der Waals surface area contributed by atoms with Gasteiger partial charge in [-0.3, -0.25) is 4.79 Å². The third-order valence-corrected chi connectivity index (χ3v) is 5.02. The van der Waals surface area contributed by atoms with Crippen molar-refractivity contribution in [3.63, 3.8) is 0 Å². The van der Waals surface area contributed by atoms with Crippen LogP contribution >= 0.6 is 11.3 Å². The van der Waals surface area contributed by atoms with Crippen molar-refractivity contribution in [2.45, 2.75) is 19.9 Å². The molecule has 1 amide bonds. The molecule has 2 N–H and O–H groups in total. The molecule has 0 saturated carbocycles. The summed E-state index contributed by atoms with van der Waals surface area (Å²) in [7, 11) is 0. The van der Waals surface area contributed by atoms with Crippen LogP contribution in [0.3, 0.4) is 0 Å². The summed E-state index contributed by atoms with van der Waals surface area (Å²) in [5, 5.41) is 8.41. The second-order valence-corrected chi connectivity index (χ2v) is 7.08. The summed E-state index contributed by atoms with van der Waals surface area (Å²) in [6.07, 6.45) is 0. The number of hydrogen-bond donors (Lipinski definition) is 2. The fraction of sp³-hybridized carbons (Fsp3) is 0.190. The molecule has 0 aliphatic carbocycles. The molecular weight excluding hydrogens is 328 g/mol. The van der Waals surface area contributed by atoms with Crippen molar-refractivity contribution in [2.75, 3.05) is 11.9 Å². The minimum atomic E-state index is -0.116. The van der Waals surface area contributed by atoms with Crippen LogP contribution in [0.25, 0.3) is 0 Å². The number of carbonyl (C=O) groups is 1. The lowest BCUT2D eigenvalue weighted by Gasteiger charge is -2.19. The van der Waals surface area contributed by atoms with Crippen LogP contribution in [0.4, 0.5) is 5.69 Å². The van der Waals surface area contributed by atoms with Crippen molar-refractivity contribution in [1.29, 1.82) is 0 Å². The summed E-state index contributed by atoms with van der Waals surface area (Å²) in [6.45, 7) is 4.36. The van der Waals surface area contributed by atoms with Gasteiger partial charge in [-0.25, -0.2) is 0 Å². The quantitative estimate of drug-likeness (QED) is 0.677. The van der Waals surface area contributed by atoms with Gasteiger partial charge in [0.25, 0.3) is 0 Å². The zero-order chi connectivity index (χ0) is 17.6. The summed E-state index contributed by atoms with van der Waals surface area (Å²) in [6, 6.07) is 20.2. The first kappa shape index (κ1) is 17.2. The van der Waals surface area contributed by atoms with E-state index in [1.165, 1.54) is 5.56 Å². The number of thiophene rings is 1. The maximum absolute atomic E-state index is 12.5. The second-order valence-electron chi connectivity index (χ2n) is 6.10. The molecule has 1 heterocycles. The standard InChI is InChI=1S/C21H22N2OS/c1-15-10-11-18(16(2)13-15)22-14-20(24)23-21(19-9-6-12-25-19)17-7-4-3-5-8-17/h3-13,21-22H,14H2,1-2H3,(H,23,24). The van der Waals surface area contributed by atoms with E-state index in [1.807, 2.05) is 60.8 Å². The van der Waals surface area contributed by atoms with E-state index in [0.29, 0.717) is 0 Å². The normalized spacial score (nSPS) is 11.8. The summed E-state index contributed by atoms with van der Waals surface area (Å²) < 4.78 is 0. The van der Waals surface area contributed by atoms with Gasteiger partial charge in [0.05, 0.1) is 12.6 Å². The molecule has 0 bridgehead atoms. The fourth-order valence-corrected chi connectivity index (χ4v) is 3.62. The number of anilines is 1. The first-order valence-corrected chi connectivity index (χ1v) is 9.20. The van der Waals surface area contributed by atoms with Gasteiger partial charge >= 0.3 is 0 Å². The number of amides is 1. The molecule has 128 valence electrons.